The van der Waals surface area contributed by atoms with Gasteiger partial charge in [-0.3, -0.25) is 9.59 Å². The van der Waals surface area contributed by atoms with E-state index in [4.69, 9.17) is 0 Å². The fourth-order valence-electron chi connectivity index (χ4n) is 1.81. The Morgan fingerprint density at radius 3 is 2.12 bits per heavy atom. The molecule has 0 aliphatic rings. The van der Waals surface area contributed by atoms with Crippen LogP contribution in [-0.2, 0) is 25.2 Å². The van der Waals surface area contributed by atoms with E-state index in [0.717, 1.165) is 31.4 Å². The zero-order chi connectivity index (χ0) is 18.3. The van der Waals surface area contributed by atoms with E-state index in [1.54, 1.807) is 0 Å². The lowest BCUT2D eigenvalue weighted by atomic mass is 10.1. The SMILES string of the molecule is COC(=O)CC[C@@H](NC(=O)c1ccc(C(F)(F)F)cc1)C(=O)OC. The zero-order valence-corrected chi connectivity index (χ0v) is 13.0. The molecule has 1 N–H and O–H groups in total. The highest BCUT2D eigenvalue weighted by molar-refractivity contribution is 5.96. The molecule has 0 aromatic heterocycles. The minimum Gasteiger partial charge on any atom is -0.469 e. The molecule has 1 aromatic carbocycles. The number of carbonyl (C=O) groups excluding carboxylic acids is 3. The molecular weight excluding hydrogens is 331 g/mol. The van der Waals surface area contributed by atoms with Crippen LogP contribution in [-0.4, -0.2) is 38.1 Å². The molecule has 6 nitrogen and oxygen atoms in total. The molecular formula is C15H16F3NO5. The Morgan fingerprint density at radius 2 is 1.67 bits per heavy atom. The third-order valence-electron chi connectivity index (χ3n) is 3.13. The second-order valence-corrected chi connectivity index (χ2v) is 4.74. The lowest BCUT2D eigenvalue weighted by Gasteiger charge is -2.16. The van der Waals surface area contributed by atoms with Crippen LogP contribution in [0.2, 0.25) is 0 Å². The summed E-state index contributed by atoms with van der Waals surface area (Å²) in [5.74, 6) is -2.11. The molecule has 0 heterocycles. The van der Waals surface area contributed by atoms with Crippen LogP contribution >= 0.6 is 0 Å². The number of esters is 2. The van der Waals surface area contributed by atoms with Crippen LogP contribution in [0.1, 0.15) is 28.8 Å². The van der Waals surface area contributed by atoms with Gasteiger partial charge in [-0.2, -0.15) is 13.2 Å². The third-order valence-corrected chi connectivity index (χ3v) is 3.13. The summed E-state index contributed by atoms with van der Waals surface area (Å²) in [7, 11) is 2.29. The van der Waals surface area contributed by atoms with Gasteiger partial charge in [0.1, 0.15) is 6.04 Å². The molecule has 132 valence electrons. The van der Waals surface area contributed by atoms with Crippen LogP contribution < -0.4 is 5.32 Å². The number of rotatable bonds is 6. The number of methoxy groups -OCH3 is 2. The molecule has 24 heavy (non-hydrogen) atoms. The van der Waals surface area contributed by atoms with E-state index in [9.17, 15) is 27.6 Å². The van der Waals surface area contributed by atoms with Crippen molar-refractivity contribution >= 4 is 17.8 Å². The maximum absolute atomic E-state index is 12.5. The van der Waals surface area contributed by atoms with Crippen LogP contribution in [0.25, 0.3) is 0 Å². The highest BCUT2D eigenvalue weighted by Crippen LogP contribution is 2.29. The third kappa shape index (κ3) is 5.56. The summed E-state index contributed by atoms with van der Waals surface area (Å²) in [5, 5.41) is 2.32. The van der Waals surface area contributed by atoms with Crippen LogP contribution in [0, 0.1) is 0 Å². The molecule has 1 aromatic rings. The van der Waals surface area contributed by atoms with Gasteiger partial charge in [0.25, 0.3) is 5.91 Å². The topological polar surface area (TPSA) is 81.7 Å². The van der Waals surface area contributed by atoms with E-state index in [2.05, 4.69) is 14.8 Å². The number of carbonyl (C=O) groups is 3. The normalized spacial score (nSPS) is 12.2. The summed E-state index contributed by atoms with van der Waals surface area (Å²) in [6.07, 6.45) is -4.71. The maximum atomic E-state index is 12.5. The second-order valence-electron chi connectivity index (χ2n) is 4.74. The van der Waals surface area contributed by atoms with Gasteiger partial charge in [-0.25, -0.2) is 4.79 Å². The Morgan fingerprint density at radius 1 is 1.08 bits per heavy atom. The molecule has 0 saturated heterocycles. The number of hydrogen-bond donors (Lipinski definition) is 1. The molecule has 0 unspecified atom stereocenters. The number of alkyl halides is 3. The Balaban J connectivity index is 2.80. The van der Waals surface area contributed by atoms with Gasteiger partial charge < -0.3 is 14.8 Å². The lowest BCUT2D eigenvalue weighted by molar-refractivity contribution is -0.144. The van der Waals surface area contributed by atoms with Gasteiger partial charge >= 0.3 is 18.1 Å². The summed E-state index contributed by atoms with van der Waals surface area (Å²) < 4.78 is 46.4. The minimum atomic E-state index is -4.51. The summed E-state index contributed by atoms with van der Waals surface area (Å²) >= 11 is 0. The van der Waals surface area contributed by atoms with Gasteiger partial charge in [-0.15, -0.1) is 0 Å². The van der Waals surface area contributed by atoms with Crippen molar-refractivity contribution in [1.29, 1.82) is 0 Å². The first-order chi connectivity index (χ1) is 11.2. The van der Waals surface area contributed by atoms with Crippen molar-refractivity contribution in [1.82, 2.24) is 5.32 Å². The van der Waals surface area contributed by atoms with Crippen molar-refractivity contribution in [3.05, 3.63) is 35.4 Å². The first-order valence-corrected chi connectivity index (χ1v) is 6.81. The minimum absolute atomic E-state index is 0.0602. The van der Waals surface area contributed by atoms with Crippen molar-refractivity contribution in [2.45, 2.75) is 25.1 Å². The van der Waals surface area contributed by atoms with Gasteiger partial charge in [0, 0.05) is 12.0 Å². The van der Waals surface area contributed by atoms with Crippen molar-refractivity contribution in [3.63, 3.8) is 0 Å². The Bertz CT molecular complexity index is 598. The Labute approximate surface area is 135 Å². The predicted molar refractivity (Wildman–Crippen MR) is 76.0 cm³/mol. The maximum Gasteiger partial charge on any atom is 0.416 e. The van der Waals surface area contributed by atoms with E-state index in [0.29, 0.717) is 0 Å². The molecule has 1 amide bonds. The summed E-state index contributed by atoms with van der Waals surface area (Å²) in [6, 6.07) is 2.39. The monoisotopic (exact) mass is 347 g/mol. The summed E-state index contributed by atoms with van der Waals surface area (Å²) in [5.41, 5.74) is -0.954. The molecule has 0 radical (unpaired) electrons. The fraction of sp³-hybridized carbons (Fsp3) is 0.400. The van der Waals surface area contributed by atoms with E-state index in [-0.39, 0.29) is 18.4 Å². The summed E-state index contributed by atoms with van der Waals surface area (Å²) in [4.78, 5) is 34.8. The quantitative estimate of drug-likeness (QED) is 0.795. The molecule has 0 aliphatic heterocycles. The van der Waals surface area contributed by atoms with Gasteiger partial charge in [-0.05, 0) is 30.7 Å². The smallest absolute Gasteiger partial charge is 0.416 e. The molecule has 0 saturated carbocycles. The van der Waals surface area contributed by atoms with E-state index in [1.807, 2.05) is 0 Å². The van der Waals surface area contributed by atoms with Crippen LogP contribution in [0.5, 0.6) is 0 Å². The zero-order valence-electron chi connectivity index (χ0n) is 13.0. The van der Waals surface area contributed by atoms with E-state index in [1.165, 1.54) is 7.11 Å². The van der Waals surface area contributed by atoms with Crippen molar-refractivity contribution in [2.24, 2.45) is 0 Å². The molecule has 9 heteroatoms. The molecule has 0 aliphatic carbocycles. The highest BCUT2D eigenvalue weighted by atomic mass is 19.4. The highest BCUT2D eigenvalue weighted by Gasteiger charge is 2.30. The van der Waals surface area contributed by atoms with Crippen LogP contribution in [0.15, 0.2) is 24.3 Å². The number of nitrogens with one attached hydrogen (secondary N) is 1. The van der Waals surface area contributed by atoms with Crippen LogP contribution in [0.4, 0.5) is 13.2 Å². The van der Waals surface area contributed by atoms with Crippen molar-refractivity contribution < 1.29 is 37.0 Å². The van der Waals surface area contributed by atoms with Crippen LogP contribution in [0.3, 0.4) is 0 Å². The number of halogens is 3. The molecule has 0 fully saturated rings. The Kier molecular flexibility index (Phi) is 6.75. The number of ether oxygens (including phenoxy) is 2. The molecule has 0 spiro atoms. The average Bonchev–Trinajstić information content (AvgIpc) is 2.56. The van der Waals surface area contributed by atoms with Crippen molar-refractivity contribution in [2.75, 3.05) is 14.2 Å². The van der Waals surface area contributed by atoms with Gasteiger partial charge in [0.15, 0.2) is 0 Å². The second kappa shape index (κ2) is 8.32. The van der Waals surface area contributed by atoms with Gasteiger partial charge in [-0.1, -0.05) is 0 Å². The molecule has 1 rings (SSSR count). The average molecular weight is 347 g/mol. The van der Waals surface area contributed by atoms with Gasteiger partial charge in [0.05, 0.1) is 19.8 Å². The number of benzene rings is 1. The van der Waals surface area contributed by atoms with Crippen molar-refractivity contribution in [3.8, 4) is 0 Å². The van der Waals surface area contributed by atoms with E-state index < -0.39 is 35.6 Å². The van der Waals surface area contributed by atoms with E-state index >= 15 is 0 Å². The first kappa shape index (κ1) is 19.5. The number of hydrogen-bond acceptors (Lipinski definition) is 5. The molecule has 0 bridgehead atoms. The first-order valence-electron chi connectivity index (χ1n) is 6.81. The fourth-order valence-corrected chi connectivity index (χ4v) is 1.81. The number of amides is 1. The lowest BCUT2D eigenvalue weighted by Crippen LogP contribution is -2.41. The standard InChI is InChI=1S/C15H16F3NO5/c1-23-12(20)8-7-11(14(22)24-2)19-13(21)9-3-5-10(6-4-9)15(16,17)18/h3-6,11H,7-8H2,1-2H3,(H,19,21)/t11-/m1/s1. The summed E-state index contributed by atoms with van der Waals surface area (Å²) in [6.45, 7) is 0. The molecule has 1 atom stereocenters. The predicted octanol–water partition coefficient (Wildman–Crippen LogP) is 1.93. The van der Waals surface area contributed by atoms with Gasteiger partial charge in [0.2, 0.25) is 0 Å². The Hall–Kier alpha value is -2.58. The largest absolute Gasteiger partial charge is 0.469 e.